The number of fused-ring (bicyclic) bond motifs is 1. The summed E-state index contributed by atoms with van der Waals surface area (Å²) in [6.45, 7) is 6.52. The van der Waals surface area contributed by atoms with E-state index in [9.17, 15) is 0 Å². The second kappa shape index (κ2) is 3.89. The molecule has 2 aliphatic heterocycles. The lowest BCUT2D eigenvalue weighted by atomic mass is 10.1. The van der Waals surface area contributed by atoms with Gasteiger partial charge in [0.2, 0.25) is 0 Å². The number of thiophene rings is 1. The van der Waals surface area contributed by atoms with Crippen molar-refractivity contribution in [3.05, 3.63) is 21.4 Å². The zero-order chi connectivity index (χ0) is 10.3. The van der Waals surface area contributed by atoms with Gasteiger partial charge in [-0.05, 0) is 24.5 Å². The largest absolute Gasteiger partial charge is 0.378 e. The molecule has 3 heterocycles. The Morgan fingerprint density at radius 2 is 2.40 bits per heavy atom. The number of ether oxygens (including phenoxy) is 1. The van der Waals surface area contributed by atoms with Crippen LogP contribution in [0.4, 0.5) is 0 Å². The van der Waals surface area contributed by atoms with E-state index in [0.717, 1.165) is 19.8 Å². The van der Waals surface area contributed by atoms with Gasteiger partial charge in [0.1, 0.15) is 0 Å². The fourth-order valence-electron chi connectivity index (χ4n) is 2.32. The van der Waals surface area contributed by atoms with Crippen LogP contribution in [0.1, 0.15) is 22.2 Å². The Labute approximate surface area is 94.9 Å². The summed E-state index contributed by atoms with van der Waals surface area (Å²) in [4.78, 5) is 5.73. The lowest BCUT2D eigenvalue weighted by Gasteiger charge is -2.39. The van der Waals surface area contributed by atoms with E-state index in [0.29, 0.717) is 6.04 Å². The smallest absolute Gasteiger partial charge is 0.0645 e. The summed E-state index contributed by atoms with van der Waals surface area (Å²) in [6.07, 6.45) is 2.42. The molecule has 3 heteroatoms. The molecule has 3 rings (SSSR count). The van der Waals surface area contributed by atoms with Gasteiger partial charge < -0.3 is 4.74 Å². The van der Waals surface area contributed by atoms with Crippen LogP contribution in [0.2, 0.25) is 0 Å². The molecular formula is C12H17NOS. The maximum absolute atomic E-state index is 5.26. The van der Waals surface area contributed by atoms with Crippen molar-refractivity contribution in [3.63, 3.8) is 0 Å². The van der Waals surface area contributed by atoms with Gasteiger partial charge >= 0.3 is 0 Å². The van der Waals surface area contributed by atoms with Crippen molar-refractivity contribution in [1.29, 1.82) is 0 Å². The van der Waals surface area contributed by atoms with Crippen LogP contribution in [0, 0.1) is 0 Å². The molecule has 0 aliphatic carbocycles. The van der Waals surface area contributed by atoms with E-state index in [2.05, 4.69) is 17.9 Å². The van der Waals surface area contributed by atoms with Crippen molar-refractivity contribution in [3.8, 4) is 0 Å². The maximum Gasteiger partial charge on any atom is 0.0645 e. The third-order valence-electron chi connectivity index (χ3n) is 3.45. The fraction of sp³-hybridized carbons (Fsp3) is 0.667. The van der Waals surface area contributed by atoms with Crippen LogP contribution >= 0.6 is 11.3 Å². The van der Waals surface area contributed by atoms with Gasteiger partial charge in [-0.15, -0.1) is 11.3 Å². The molecule has 0 aromatic carbocycles. The highest BCUT2D eigenvalue weighted by atomic mass is 32.1. The molecule has 0 saturated carbocycles. The van der Waals surface area contributed by atoms with E-state index < -0.39 is 0 Å². The van der Waals surface area contributed by atoms with E-state index in [1.165, 1.54) is 19.4 Å². The van der Waals surface area contributed by atoms with Gasteiger partial charge in [-0.1, -0.05) is 6.92 Å². The van der Waals surface area contributed by atoms with E-state index >= 15 is 0 Å². The summed E-state index contributed by atoms with van der Waals surface area (Å²) in [5.74, 6) is 0. The molecule has 0 amide bonds. The molecule has 0 N–H and O–H groups in total. The molecule has 2 nitrogen and oxygen atoms in total. The molecule has 0 bridgehead atoms. The molecule has 15 heavy (non-hydrogen) atoms. The van der Waals surface area contributed by atoms with E-state index in [4.69, 9.17) is 4.74 Å². The van der Waals surface area contributed by atoms with Gasteiger partial charge in [0.25, 0.3) is 0 Å². The van der Waals surface area contributed by atoms with Crippen molar-refractivity contribution >= 4 is 11.3 Å². The van der Waals surface area contributed by atoms with E-state index in [-0.39, 0.29) is 0 Å². The molecule has 1 fully saturated rings. The zero-order valence-corrected chi connectivity index (χ0v) is 9.98. The van der Waals surface area contributed by atoms with Gasteiger partial charge in [0.05, 0.1) is 19.3 Å². The Kier molecular flexibility index (Phi) is 2.54. The Balaban J connectivity index is 1.76. The first-order valence-corrected chi connectivity index (χ1v) is 6.60. The third kappa shape index (κ3) is 1.73. The average Bonchev–Trinajstić information content (AvgIpc) is 2.57. The third-order valence-corrected chi connectivity index (χ3v) is 4.75. The van der Waals surface area contributed by atoms with Crippen molar-refractivity contribution in [2.45, 2.75) is 32.4 Å². The van der Waals surface area contributed by atoms with Crippen molar-refractivity contribution in [1.82, 2.24) is 4.90 Å². The molecule has 0 radical (unpaired) electrons. The van der Waals surface area contributed by atoms with E-state index in [1.54, 1.807) is 15.3 Å². The summed E-state index contributed by atoms with van der Waals surface area (Å²) in [6, 6.07) is 3.11. The quantitative estimate of drug-likeness (QED) is 0.761. The van der Waals surface area contributed by atoms with Crippen LogP contribution in [0.15, 0.2) is 6.07 Å². The molecule has 1 aromatic rings. The summed E-state index contributed by atoms with van der Waals surface area (Å²) in [5.41, 5.74) is 1.60. The van der Waals surface area contributed by atoms with Crippen LogP contribution in [0.5, 0.6) is 0 Å². The second-order valence-corrected chi connectivity index (χ2v) is 5.65. The van der Waals surface area contributed by atoms with Gasteiger partial charge in [-0.2, -0.15) is 0 Å². The minimum Gasteiger partial charge on any atom is -0.378 e. The summed E-state index contributed by atoms with van der Waals surface area (Å²) < 4.78 is 5.26. The van der Waals surface area contributed by atoms with Crippen LogP contribution in [0.3, 0.4) is 0 Å². The number of rotatable bonds is 2. The minimum atomic E-state index is 0.699. The SMILES string of the molecule is CCc1cc2c(s1)CN(C1COC1)CC2. The second-order valence-electron chi connectivity index (χ2n) is 4.43. The van der Waals surface area contributed by atoms with Gasteiger partial charge in [-0.3, -0.25) is 4.90 Å². The van der Waals surface area contributed by atoms with Crippen LogP contribution < -0.4 is 0 Å². The minimum absolute atomic E-state index is 0.699. The van der Waals surface area contributed by atoms with Crippen molar-refractivity contribution in [2.75, 3.05) is 19.8 Å². The predicted molar refractivity (Wildman–Crippen MR) is 62.4 cm³/mol. The Bertz CT molecular complexity index is 357. The highest BCUT2D eigenvalue weighted by molar-refractivity contribution is 7.12. The lowest BCUT2D eigenvalue weighted by molar-refractivity contribution is -0.0690. The van der Waals surface area contributed by atoms with Crippen LogP contribution in [-0.2, 0) is 24.1 Å². The van der Waals surface area contributed by atoms with E-state index in [1.807, 2.05) is 11.3 Å². The summed E-state index contributed by atoms with van der Waals surface area (Å²) in [7, 11) is 0. The molecule has 82 valence electrons. The topological polar surface area (TPSA) is 12.5 Å². The lowest BCUT2D eigenvalue weighted by Crippen LogP contribution is -2.50. The van der Waals surface area contributed by atoms with Crippen molar-refractivity contribution in [2.24, 2.45) is 0 Å². The van der Waals surface area contributed by atoms with Crippen molar-refractivity contribution < 1.29 is 4.74 Å². The van der Waals surface area contributed by atoms with Gasteiger partial charge in [0, 0.05) is 22.8 Å². The maximum atomic E-state index is 5.26. The first kappa shape index (κ1) is 9.82. The molecule has 0 atom stereocenters. The normalized spacial score (nSPS) is 22.5. The Hall–Kier alpha value is -0.380. The monoisotopic (exact) mass is 223 g/mol. The van der Waals surface area contributed by atoms with Crippen LogP contribution in [0.25, 0.3) is 0 Å². The average molecular weight is 223 g/mol. The number of hydrogen-bond acceptors (Lipinski definition) is 3. The van der Waals surface area contributed by atoms with Gasteiger partial charge in [-0.25, -0.2) is 0 Å². The molecule has 0 unspecified atom stereocenters. The molecule has 2 aliphatic rings. The highest BCUT2D eigenvalue weighted by Gasteiger charge is 2.29. The highest BCUT2D eigenvalue weighted by Crippen LogP contribution is 2.30. The Morgan fingerprint density at radius 3 is 3.07 bits per heavy atom. The predicted octanol–water partition coefficient (Wildman–Crippen LogP) is 2.07. The molecule has 1 aromatic heterocycles. The molecule has 0 spiro atoms. The Morgan fingerprint density at radius 1 is 1.53 bits per heavy atom. The number of hydrogen-bond donors (Lipinski definition) is 0. The first-order chi connectivity index (χ1) is 7.36. The number of aryl methyl sites for hydroxylation is 1. The van der Waals surface area contributed by atoms with Gasteiger partial charge in [0.15, 0.2) is 0 Å². The van der Waals surface area contributed by atoms with Crippen LogP contribution in [-0.4, -0.2) is 30.7 Å². The number of nitrogens with zero attached hydrogens (tertiary/aromatic N) is 1. The fourth-order valence-corrected chi connectivity index (χ4v) is 3.51. The molecular weight excluding hydrogens is 206 g/mol. The molecule has 1 saturated heterocycles. The first-order valence-electron chi connectivity index (χ1n) is 5.79. The standard InChI is InChI=1S/C12H17NOS/c1-2-11-5-9-3-4-13(6-12(9)15-11)10-7-14-8-10/h5,10H,2-4,6-8H2,1H3. The zero-order valence-electron chi connectivity index (χ0n) is 9.16. The summed E-state index contributed by atoms with van der Waals surface area (Å²) >= 11 is 2.01. The summed E-state index contributed by atoms with van der Waals surface area (Å²) in [5, 5.41) is 0.